The first kappa shape index (κ1) is 62.0. The quantitative estimate of drug-likeness (QED) is 0.0425. The number of phenolic OH excluding ortho intramolecular Hbond substituents is 1. The molecule has 3 aromatic rings. The highest BCUT2D eigenvalue weighted by Crippen LogP contribution is 2.43. The first-order valence-corrected chi connectivity index (χ1v) is 29.5. The first-order valence-electron chi connectivity index (χ1n) is 29.5. The number of carbonyl (C=O) groups is 4. The number of rotatable bonds is 28. The Morgan fingerprint density at radius 2 is 1.00 bits per heavy atom. The van der Waals surface area contributed by atoms with E-state index in [2.05, 4.69) is 6.92 Å². The van der Waals surface area contributed by atoms with Crippen molar-refractivity contribution in [2.45, 2.75) is 252 Å². The molecule has 2 saturated carbocycles. The number of phenols is 1. The zero-order chi connectivity index (χ0) is 55.5. The Kier molecular flexibility index (Phi) is 23.8. The predicted molar refractivity (Wildman–Crippen MR) is 305 cm³/mol. The number of benzene rings is 3. The van der Waals surface area contributed by atoms with E-state index in [0.717, 1.165) is 112 Å². The molecule has 1 N–H and O–H groups in total. The van der Waals surface area contributed by atoms with E-state index in [-0.39, 0.29) is 34.4 Å². The van der Waals surface area contributed by atoms with Gasteiger partial charge >= 0.3 is 23.9 Å². The molecule has 3 aromatic carbocycles. The van der Waals surface area contributed by atoms with Gasteiger partial charge in [-0.25, -0.2) is 9.59 Å². The minimum absolute atomic E-state index is 0.0528. The van der Waals surface area contributed by atoms with Gasteiger partial charge in [0.2, 0.25) is 0 Å². The summed E-state index contributed by atoms with van der Waals surface area (Å²) < 4.78 is 29.2. The summed E-state index contributed by atoms with van der Waals surface area (Å²) in [5.74, 6) is 3.04. The highest BCUT2D eigenvalue weighted by Gasteiger charge is 2.34. The van der Waals surface area contributed by atoms with Crippen molar-refractivity contribution in [2.75, 3.05) is 6.61 Å². The molecule has 0 saturated heterocycles. The van der Waals surface area contributed by atoms with E-state index in [9.17, 15) is 24.3 Å². The number of unbranched alkanes of at least 4 members (excludes halogenated alkanes) is 9. The Hall–Kier alpha value is -4.86. The van der Waals surface area contributed by atoms with Gasteiger partial charge in [-0.3, -0.25) is 9.59 Å². The molecule has 0 radical (unpaired) electrons. The summed E-state index contributed by atoms with van der Waals surface area (Å²) in [4.78, 5) is 52.2. The lowest BCUT2D eigenvalue weighted by molar-refractivity contribution is -0.157. The monoisotopic (exact) mass is 1050 g/mol. The molecule has 0 atom stereocenters. The molecule has 0 heterocycles. The van der Waals surface area contributed by atoms with E-state index in [1.807, 2.05) is 69.2 Å². The van der Waals surface area contributed by atoms with Crippen LogP contribution in [-0.2, 0) is 29.9 Å². The summed E-state index contributed by atoms with van der Waals surface area (Å²) >= 11 is 0. The molecule has 76 heavy (non-hydrogen) atoms. The fourth-order valence-electron chi connectivity index (χ4n) is 11.3. The van der Waals surface area contributed by atoms with E-state index in [4.69, 9.17) is 23.7 Å². The van der Waals surface area contributed by atoms with Gasteiger partial charge in [0.15, 0.2) is 0 Å². The maximum atomic E-state index is 13.4. The van der Waals surface area contributed by atoms with Crippen molar-refractivity contribution in [2.24, 2.45) is 23.7 Å². The molecule has 10 nitrogen and oxygen atoms in total. The molecule has 2 aliphatic rings. The smallest absolute Gasteiger partial charge is 0.343 e. The van der Waals surface area contributed by atoms with Crippen LogP contribution in [0.25, 0.3) is 0 Å². The van der Waals surface area contributed by atoms with Crippen molar-refractivity contribution >= 4 is 23.9 Å². The average Bonchev–Trinajstić information content (AvgIpc) is 3.36. The van der Waals surface area contributed by atoms with Gasteiger partial charge in [-0.15, -0.1) is 0 Å². The fraction of sp³-hybridized carbons (Fsp3) is 0.667. The second kappa shape index (κ2) is 29.2. The molecule has 0 spiro atoms. The molecule has 5 rings (SSSR count). The second-order valence-electron chi connectivity index (χ2n) is 25.8. The number of esters is 4. The van der Waals surface area contributed by atoms with Crippen LogP contribution in [0, 0.1) is 23.7 Å². The minimum atomic E-state index is -0.687. The molecule has 0 unspecified atom stereocenters. The molecule has 2 aliphatic carbocycles. The van der Waals surface area contributed by atoms with Gasteiger partial charge in [-0.2, -0.15) is 0 Å². The number of hydrogen-bond donors (Lipinski definition) is 1. The van der Waals surface area contributed by atoms with Crippen molar-refractivity contribution in [1.29, 1.82) is 0 Å². The van der Waals surface area contributed by atoms with Gasteiger partial charge in [-0.05, 0) is 194 Å². The highest BCUT2D eigenvalue weighted by atomic mass is 16.6. The summed E-state index contributed by atoms with van der Waals surface area (Å²) in [5, 5.41) is 11.1. The van der Waals surface area contributed by atoms with Crippen molar-refractivity contribution < 1.29 is 48.0 Å². The number of hydrogen-bond acceptors (Lipinski definition) is 10. The SMILES string of the molecule is CCCCCC1CCC(C2CCC(C(=O)Oc3ccc(OC(=O)c4ccc(OCCCCCCCCC(C)(C)OC(=O)CCCCCC(C)(C)OC(=O)c5cc(C(C)(C)C)c(O)c(C(C)(C)C)c5)cc4)cc3)CC2)CC1. The van der Waals surface area contributed by atoms with Crippen molar-refractivity contribution in [3.05, 3.63) is 82.9 Å². The Labute approximate surface area is 458 Å². The third kappa shape index (κ3) is 20.8. The molecule has 10 heteroatoms. The second-order valence-corrected chi connectivity index (χ2v) is 25.8. The van der Waals surface area contributed by atoms with Crippen LogP contribution in [0.1, 0.15) is 262 Å². The van der Waals surface area contributed by atoms with Crippen LogP contribution in [0.5, 0.6) is 23.0 Å². The Bertz CT molecular complexity index is 2230. The van der Waals surface area contributed by atoms with Crippen molar-refractivity contribution in [3.63, 3.8) is 0 Å². The molecule has 0 bridgehead atoms. The molecule has 2 fully saturated rings. The predicted octanol–water partition coefficient (Wildman–Crippen LogP) is 17.3. The van der Waals surface area contributed by atoms with Crippen molar-refractivity contribution in [1.82, 2.24) is 0 Å². The topological polar surface area (TPSA) is 135 Å². The van der Waals surface area contributed by atoms with E-state index in [1.54, 1.807) is 60.7 Å². The number of ether oxygens (including phenoxy) is 5. The van der Waals surface area contributed by atoms with Gasteiger partial charge in [0, 0.05) is 17.5 Å². The summed E-state index contributed by atoms with van der Waals surface area (Å²) in [6.07, 6.45) is 25.4. The van der Waals surface area contributed by atoms with Crippen molar-refractivity contribution in [3.8, 4) is 23.0 Å². The Morgan fingerprint density at radius 1 is 0.513 bits per heavy atom. The fourth-order valence-corrected chi connectivity index (χ4v) is 11.3. The lowest BCUT2D eigenvalue weighted by atomic mass is 9.68. The van der Waals surface area contributed by atoms with E-state index in [0.29, 0.717) is 54.2 Å². The summed E-state index contributed by atoms with van der Waals surface area (Å²) in [7, 11) is 0. The third-order valence-electron chi connectivity index (χ3n) is 16.0. The molecule has 0 aliphatic heterocycles. The number of carbonyl (C=O) groups excluding carboxylic acids is 4. The largest absolute Gasteiger partial charge is 0.507 e. The number of aromatic hydroxyl groups is 1. The molecule has 0 amide bonds. The van der Waals surface area contributed by atoms with E-state index < -0.39 is 23.1 Å². The summed E-state index contributed by atoms with van der Waals surface area (Å²) in [5.41, 5.74) is 0.408. The van der Waals surface area contributed by atoms with Crippen LogP contribution in [0.15, 0.2) is 60.7 Å². The summed E-state index contributed by atoms with van der Waals surface area (Å²) in [6.45, 7) is 22.8. The lowest BCUT2D eigenvalue weighted by Crippen LogP contribution is -2.30. The van der Waals surface area contributed by atoms with Crippen LogP contribution >= 0.6 is 0 Å². The lowest BCUT2D eigenvalue weighted by Gasteiger charge is -2.37. The van der Waals surface area contributed by atoms with Crippen LogP contribution in [0.2, 0.25) is 0 Å². The van der Waals surface area contributed by atoms with Gasteiger partial charge in [-0.1, -0.05) is 119 Å². The van der Waals surface area contributed by atoms with E-state index in [1.165, 1.54) is 51.4 Å². The van der Waals surface area contributed by atoms with Gasteiger partial charge in [0.25, 0.3) is 0 Å². The maximum Gasteiger partial charge on any atom is 0.343 e. The highest BCUT2D eigenvalue weighted by molar-refractivity contribution is 5.91. The molecule has 0 aromatic heterocycles. The Morgan fingerprint density at radius 3 is 1.55 bits per heavy atom. The van der Waals surface area contributed by atoms with Crippen LogP contribution in [0.4, 0.5) is 0 Å². The standard InChI is InChI=1S/C66H98O10/c1-12-13-19-24-47-26-28-48(29-27-47)49-30-32-50(33-31-49)60(69)73-54-38-40-55(41-39-54)74-61(70)51-34-36-53(37-35-51)72-44-23-17-15-14-16-21-42-65(8,9)75-58(67)25-20-18-22-43-66(10,11)76-62(71)52-45-56(63(2,3)4)59(68)57(46-52)64(5,6)7/h34-41,45-50,68H,12-33,42-44H2,1-11H3. The first-order chi connectivity index (χ1) is 35.9. The normalized spacial score (nSPS) is 18.4. The van der Waals surface area contributed by atoms with Crippen LogP contribution in [-0.4, -0.2) is 46.8 Å². The third-order valence-corrected chi connectivity index (χ3v) is 16.0. The molecule has 422 valence electrons. The zero-order valence-corrected chi connectivity index (χ0v) is 48.9. The van der Waals surface area contributed by atoms with Gasteiger partial charge in [0.05, 0.1) is 23.7 Å². The van der Waals surface area contributed by atoms with Crippen LogP contribution in [0.3, 0.4) is 0 Å². The van der Waals surface area contributed by atoms with Gasteiger partial charge in [0.1, 0.15) is 34.2 Å². The maximum absolute atomic E-state index is 13.4. The Balaban J connectivity index is 0.870. The molecular weight excluding hydrogens is 953 g/mol. The minimum Gasteiger partial charge on any atom is -0.507 e. The summed E-state index contributed by atoms with van der Waals surface area (Å²) in [6, 6.07) is 17.2. The molecular formula is C66H98O10. The van der Waals surface area contributed by atoms with E-state index >= 15 is 0 Å². The average molecular weight is 1050 g/mol. The van der Waals surface area contributed by atoms with Crippen LogP contribution < -0.4 is 14.2 Å². The zero-order valence-electron chi connectivity index (χ0n) is 48.9. The van der Waals surface area contributed by atoms with Gasteiger partial charge < -0.3 is 28.8 Å².